The normalized spacial score (nSPS) is 13.9. The average Bonchev–Trinajstić information content (AvgIpc) is 2.73. The van der Waals surface area contributed by atoms with Crippen LogP contribution in [0.5, 0.6) is 11.5 Å². The second-order valence-corrected chi connectivity index (χ2v) is 6.94. The smallest absolute Gasteiger partial charge is 0.270 e. The first-order chi connectivity index (χ1) is 13.6. The number of anilines is 1. The summed E-state index contributed by atoms with van der Waals surface area (Å²) in [6, 6.07) is 7.50. The van der Waals surface area contributed by atoms with Gasteiger partial charge in [0.1, 0.15) is 5.69 Å². The number of carbonyl (C=O) groups is 1. The van der Waals surface area contributed by atoms with Crippen molar-refractivity contribution in [1.82, 2.24) is 15.3 Å². The van der Waals surface area contributed by atoms with Gasteiger partial charge in [0, 0.05) is 25.3 Å². The van der Waals surface area contributed by atoms with Gasteiger partial charge in [-0.15, -0.1) is 0 Å². The van der Waals surface area contributed by atoms with Crippen molar-refractivity contribution in [1.29, 1.82) is 0 Å². The van der Waals surface area contributed by atoms with Gasteiger partial charge in [-0.2, -0.15) is 0 Å². The minimum Gasteiger partial charge on any atom is -0.493 e. The Bertz CT molecular complexity index is 819. The van der Waals surface area contributed by atoms with E-state index in [-0.39, 0.29) is 5.91 Å². The molecule has 1 N–H and O–H groups in total. The maximum atomic E-state index is 12.6. The zero-order valence-electron chi connectivity index (χ0n) is 16.8. The molecule has 2 heterocycles. The molecule has 3 rings (SSSR count). The van der Waals surface area contributed by atoms with Crippen LogP contribution in [0.25, 0.3) is 0 Å². The third kappa shape index (κ3) is 4.91. The molecule has 1 saturated heterocycles. The number of methoxy groups -OCH3 is 2. The Labute approximate surface area is 166 Å². The number of rotatable bonds is 7. The Morgan fingerprint density at radius 3 is 2.54 bits per heavy atom. The van der Waals surface area contributed by atoms with Crippen molar-refractivity contribution in [2.24, 2.45) is 0 Å². The molecular formula is C21H28N4O3. The van der Waals surface area contributed by atoms with Gasteiger partial charge >= 0.3 is 0 Å². The summed E-state index contributed by atoms with van der Waals surface area (Å²) in [6.45, 7) is 4.31. The summed E-state index contributed by atoms with van der Waals surface area (Å²) in [7, 11) is 3.22. The number of benzene rings is 1. The van der Waals surface area contributed by atoms with Gasteiger partial charge < -0.3 is 19.7 Å². The lowest BCUT2D eigenvalue weighted by atomic mass is 10.1. The number of carbonyl (C=O) groups excluding carboxylic acids is 1. The number of aryl methyl sites for hydroxylation is 1. The number of aromatic nitrogens is 2. The molecule has 1 fully saturated rings. The van der Waals surface area contributed by atoms with Gasteiger partial charge in [0.25, 0.3) is 5.91 Å². The first-order valence-corrected chi connectivity index (χ1v) is 9.70. The molecule has 1 aliphatic rings. The van der Waals surface area contributed by atoms with Crippen LogP contribution in [0.1, 0.15) is 41.0 Å². The van der Waals surface area contributed by atoms with Crippen LogP contribution in [0.4, 0.5) is 5.95 Å². The second-order valence-electron chi connectivity index (χ2n) is 6.94. The predicted octanol–water partition coefficient (Wildman–Crippen LogP) is 2.77. The number of ether oxygens (including phenoxy) is 2. The van der Waals surface area contributed by atoms with Crippen LogP contribution in [0.3, 0.4) is 0 Å². The van der Waals surface area contributed by atoms with Gasteiger partial charge in [-0.3, -0.25) is 4.79 Å². The number of nitrogens with zero attached hydrogens (tertiary/aromatic N) is 3. The molecule has 0 atom stereocenters. The Kier molecular flexibility index (Phi) is 6.68. The van der Waals surface area contributed by atoms with Crippen LogP contribution < -0.4 is 19.7 Å². The summed E-state index contributed by atoms with van der Waals surface area (Å²) in [5, 5.41) is 2.95. The zero-order valence-corrected chi connectivity index (χ0v) is 16.8. The third-order valence-electron chi connectivity index (χ3n) is 4.86. The maximum Gasteiger partial charge on any atom is 0.270 e. The van der Waals surface area contributed by atoms with Crippen molar-refractivity contribution < 1.29 is 14.3 Å². The number of nitrogens with one attached hydrogen (secondary N) is 1. The van der Waals surface area contributed by atoms with E-state index in [2.05, 4.69) is 20.2 Å². The molecule has 1 aromatic heterocycles. The first kappa shape index (κ1) is 19.9. The first-order valence-electron chi connectivity index (χ1n) is 9.70. The van der Waals surface area contributed by atoms with Crippen molar-refractivity contribution in [3.8, 4) is 11.5 Å². The van der Waals surface area contributed by atoms with E-state index in [4.69, 9.17) is 9.47 Å². The van der Waals surface area contributed by atoms with Crippen LogP contribution >= 0.6 is 0 Å². The molecule has 1 aromatic carbocycles. The van der Waals surface area contributed by atoms with Crippen LogP contribution in [0.2, 0.25) is 0 Å². The summed E-state index contributed by atoms with van der Waals surface area (Å²) >= 11 is 0. The molecule has 28 heavy (non-hydrogen) atoms. The standard InChI is InChI=1S/C21H28N4O3/c1-15-13-17(24-21(23-15)25-11-5-4-6-12-25)20(26)22-10-9-16-7-8-18(27-2)19(14-16)28-3/h7-8,13-14H,4-6,9-12H2,1-3H3,(H,22,26). The van der Waals surface area contributed by atoms with E-state index < -0.39 is 0 Å². The lowest BCUT2D eigenvalue weighted by Crippen LogP contribution is -2.32. The molecule has 7 nitrogen and oxygen atoms in total. The fourth-order valence-corrected chi connectivity index (χ4v) is 3.35. The van der Waals surface area contributed by atoms with E-state index >= 15 is 0 Å². The summed E-state index contributed by atoms with van der Waals surface area (Å²) < 4.78 is 10.6. The van der Waals surface area contributed by atoms with E-state index in [1.54, 1.807) is 20.3 Å². The van der Waals surface area contributed by atoms with E-state index in [0.29, 0.717) is 36.1 Å². The van der Waals surface area contributed by atoms with Gasteiger partial charge in [-0.25, -0.2) is 9.97 Å². The quantitative estimate of drug-likeness (QED) is 0.791. The van der Waals surface area contributed by atoms with Crippen molar-refractivity contribution in [2.45, 2.75) is 32.6 Å². The number of hydrogen-bond donors (Lipinski definition) is 1. The minimum absolute atomic E-state index is 0.177. The summed E-state index contributed by atoms with van der Waals surface area (Å²) in [5.41, 5.74) is 2.28. The van der Waals surface area contributed by atoms with E-state index in [0.717, 1.165) is 37.2 Å². The fourth-order valence-electron chi connectivity index (χ4n) is 3.35. The van der Waals surface area contributed by atoms with Gasteiger partial charge in [-0.05, 0) is 56.4 Å². The number of amides is 1. The Balaban J connectivity index is 1.61. The summed E-state index contributed by atoms with van der Waals surface area (Å²) in [4.78, 5) is 23.8. The summed E-state index contributed by atoms with van der Waals surface area (Å²) in [5.74, 6) is 1.86. The molecular weight excluding hydrogens is 356 g/mol. The van der Waals surface area contributed by atoms with Crippen LogP contribution in [0.15, 0.2) is 24.3 Å². The molecule has 0 saturated carbocycles. The molecule has 2 aromatic rings. The predicted molar refractivity (Wildman–Crippen MR) is 108 cm³/mol. The summed E-state index contributed by atoms with van der Waals surface area (Å²) in [6.07, 6.45) is 4.22. The Morgan fingerprint density at radius 1 is 1.07 bits per heavy atom. The van der Waals surface area contributed by atoms with Gasteiger partial charge in [0.2, 0.25) is 5.95 Å². The molecule has 1 amide bonds. The second kappa shape index (κ2) is 9.39. The monoisotopic (exact) mass is 384 g/mol. The highest BCUT2D eigenvalue weighted by Gasteiger charge is 2.17. The van der Waals surface area contributed by atoms with E-state index in [9.17, 15) is 4.79 Å². The molecule has 150 valence electrons. The molecule has 0 radical (unpaired) electrons. The SMILES string of the molecule is COc1ccc(CCNC(=O)c2cc(C)nc(N3CCCCC3)n2)cc1OC. The highest BCUT2D eigenvalue weighted by Crippen LogP contribution is 2.27. The number of piperidine rings is 1. The Morgan fingerprint density at radius 2 is 1.82 bits per heavy atom. The molecule has 0 spiro atoms. The highest BCUT2D eigenvalue weighted by molar-refractivity contribution is 5.92. The molecule has 7 heteroatoms. The van der Waals surface area contributed by atoms with Gasteiger partial charge in [-0.1, -0.05) is 6.07 Å². The average molecular weight is 384 g/mol. The van der Waals surface area contributed by atoms with Crippen molar-refractivity contribution in [3.05, 3.63) is 41.2 Å². The largest absolute Gasteiger partial charge is 0.493 e. The van der Waals surface area contributed by atoms with Crippen LogP contribution in [-0.4, -0.2) is 49.7 Å². The van der Waals surface area contributed by atoms with Crippen molar-refractivity contribution in [3.63, 3.8) is 0 Å². The maximum absolute atomic E-state index is 12.6. The zero-order chi connectivity index (χ0) is 19.9. The van der Waals surface area contributed by atoms with Crippen LogP contribution in [0, 0.1) is 6.92 Å². The van der Waals surface area contributed by atoms with E-state index in [1.807, 2.05) is 25.1 Å². The molecule has 0 bridgehead atoms. The third-order valence-corrected chi connectivity index (χ3v) is 4.86. The van der Waals surface area contributed by atoms with Crippen LogP contribution in [-0.2, 0) is 6.42 Å². The van der Waals surface area contributed by atoms with E-state index in [1.165, 1.54) is 6.42 Å². The van der Waals surface area contributed by atoms with Gasteiger partial charge in [0.05, 0.1) is 14.2 Å². The highest BCUT2D eigenvalue weighted by atomic mass is 16.5. The topological polar surface area (TPSA) is 76.6 Å². The minimum atomic E-state index is -0.177. The van der Waals surface area contributed by atoms with Crippen molar-refractivity contribution >= 4 is 11.9 Å². The molecule has 0 aliphatic carbocycles. The van der Waals surface area contributed by atoms with Crippen molar-refractivity contribution in [2.75, 3.05) is 38.8 Å². The fraction of sp³-hybridized carbons (Fsp3) is 0.476. The lowest BCUT2D eigenvalue weighted by molar-refractivity contribution is 0.0949. The number of hydrogen-bond acceptors (Lipinski definition) is 6. The molecule has 1 aliphatic heterocycles. The Hall–Kier alpha value is -2.83. The lowest BCUT2D eigenvalue weighted by Gasteiger charge is -2.27. The molecule has 0 unspecified atom stereocenters. The van der Waals surface area contributed by atoms with Gasteiger partial charge in [0.15, 0.2) is 11.5 Å².